The van der Waals surface area contributed by atoms with Gasteiger partial charge < -0.3 is 15.0 Å². The van der Waals surface area contributed by atoms with Crippen LogP contribution >= 0.6 is 0 Å². The predicted molar refractivity (Wildman–Crippen MR) is 86.9 cm³/mol. The number of likely N-dealkylation sites (tertiary alicyclic amines) is 1. The van der Waals surface area contributed by atoms with Gasteiger partial charge in [-0.15, -0.1) is 0 Å². The number of rotatable bonds is 3. The minimum atomic E-state index is -4.73. The molecule has 1 fully saturated rings. The second-order valence-electron chi connectivity index (χ2n) is 6.39. The summed E-state index contributed by atoms with van der Waals surface area (Å²) in [6, 6.07) is 7.22. The maximum Gasteiger partial charge on any atom is 0.416 e. The summed E-state index contributed by atoms with van der Waals surface area (Å²) in [5.74, 6) is -0.574. The van der Waals surface area contributed by atoms with Crippen molar-refractivity contribution in [2.45, 2.75) is 31.0 Å². The summed E-state index contributed by atoms with van der Waals surface area (Å²) in [5.41, 5.74) is -2.73. The van der Waals surface area contributed by atoms with Gasteiger partial charge in [0.05, 0.1) is 7.11 Å². The Bertz CT molecular complexity index is 774. The lowest BCUT2D eigenvalue weighted by Gasteiger charge is -2.42. The quantitative estimate of drug-likeness (QED) is 0.895. The van der Waals surface area contributed by atoms with Crippen molar-refractivity contribution in [1.82, 2.24) is 10.2 Å². The first-order chi connectivity index (χ1) is 12.3. The molecule has 1 atom stereocenters. The van der Waals surface area contributed by atoms with Crippen molar-refractivity contribution >= 4 is 5.91 Å². The molecular weight excluding hydrogens is 347 g/mol. The molecule has 1 aromatic rings. The van der Waals surface area contributed by atoms with Gasteiger partial charge in [-0.2, -0.15) is 18.4 Å². The lowest BCUT2D eigenvalue weighted by atomic mass is 9.80. The van der Waals surface area contributed by atoms with Gasteiger partial charge in [-0.05, 0) is 30.5 Å². The minimum absolute atomic E-state index is 0.0900. The molecule has 0 saturated carbocycles. The molecule has 1 saturated heterocycles. The number of carbonyl (C=O) groups is 1. The highest BCUT2D eigenvalue weighted by Gasteiger charge is 2.60. The lowest BCUT2D eigenvalue weighted by Crippen LogP contribution is -2.59. The number of nitrogens with zero attached hydrogens (tertiary/aromatic N) is 2. The molecule has 3 rings (SSSR count). The van der Waals surface area contributed by atoms with Crippen molar-refractivity contribution in [1.29, 1.82) is 5.26 Å². The third-order valence-corrected chi connectivity index (χ3v) is 4.94. The molecule has 138 valence electrons. The predicted octanol–water partition coefficient (Wildman–Crippen LogP) is 2.85. The van der Waals surface area contributed by atoms with Gasteiger partial charge in [-0.3, -0.25) is 4.79 Å². The topological polar surface area (TPSA) is 65.4 Å². The van der Waals surface area contributed by atoms with E-state index in [0.717, 1.165) is 12.8 Å². The largest absolute Gasteiger partial charge is 0.497 e. The highest BCUT2D eigenvalue weighted by Crippen LogP contribution is 2.47. The Labute approximate surface area is 149 Å². The number of nitriles is 1. The van der Waals surface area contributed by atoms with Gasteiger partial charge in [0.25, 0.3) is 5.91 Å². The zero-order valence-corrected chi connectivity index (χ0v) is 14.2. The molecule has 0 aromatic heterocycles. The van der Waals surface area contributed by atoms with Crippen LogP contribution in [-0.4, -0.2) is 37.2 Å². The zero-order chi connectivity index (χ0) is 18.9. The van der Waals surface area contributed by atoms with Gasteiger partial charge in [-0.25, -0.2) is 0 Å². The lowest BCUT2D eigenvalue weighted by molar-refractivity contribution is -0.204. The van der Waals surface area contributed by atoms with Crippen molar-refractivity contribution in [3.05, 3.63) is 41.1 Å². The molecule has 1 aromatic carbocycles. The summed E-state index contributed by atoms with van der Waals surface area (Å²) in [5, 5.41) is 11.4. The van der Waals surface area contributed by atoms with E-state index in [9.17, 15) is 23.2 Å². The molecule has 2 aliphatic rings. The Hall–Kier alpha value is -2.69. The molecule has 5 nitrogen and oxygen atoms in total. The fourth-order valence-corrected chi connectivity index (χ4v) is 3.53. The van der Waals surface area contributed by atoms with Crippen LogP contribution in [0.25, 0.3) is 0 Å². The second-order valence-corrected chi connectivity index (χ2v) is 6.39. The van der Waals surface area contributed by atoms with Crippen molar-refractivity contribution < 1.29 is 22.7 Å². The smallest absolute Gasteiger partial charge is 0.416 e. The summed E-state index contributed by atoms with van der Waals surface area (Å²) in [6.07, 6.45) is -3.59. The molecule has 0 radical (unpaired) electrons. The SMILES string of the molecule is COc1ccc(C2(C(F)(F)F)CC(N3CCCC3)=C(C#N)C(=O)N2)cc1. The number of halogens is 3. The molecule has 1 amide bonds. The van der Waals surface area contributed by atoms with Crippen LogP contribution in [0.4, 0.5) is 13.2 Å². The Balaban J connectivity index is 2.12. The number of alkyl halides is 3. The van der Waals surface area contributed by atoms with Gasteiger partial charge in [0.15, 0.2) is 5.54 Å². The molecule has 2 heterocycles. The highest BCUT2D eigenvalue weighted by molar-refractivity contribution is 5.99. The standard InChI is InChI=1S/C18H18F3N3O2/c1-26-13-6-4-12(5-7-13)17(18(19,20)21)10-15(24-8-2-3-9-24)14(11-22)16(25)23-17/h4-7H,2-3,8-10H2,1H3,(H,23,25). The molecule has 8 heteroatoms. The van der Waals surface area contributed by atoms with Crippen LogP contribution in [0.3, 0.4) is 0 Å². The summed E-state index contributed by atoms with van der Waals surface area (Å²) in [7, 11) is 1.42. The van der Waals surface area contributed by atoms with E-state index in [-0.39, 0.29) is 16.8 Å². The number of ether oxygens (including phenoxy) is 1. The Morgan fingerprint density at radius 3 is 2.35 bits per heavy atom. The molecule has 0 spiro atoms. The average Bonchev–Trinajstić information content (AvgIpc) is 3.14. The first-order valence-electron chi connectivity index (χ1n) is 8.24. The van der Waals surface area contributed by atoms with E-state index in [2.05, 4.69) is 5.32 Å². The van der Waals surface area contributed by atoms with Crippen molar-refractivity contribution in [3.63, 3.8) is 0 Å². The molecular formula is C18H18F3N3O2. The number of hydrogen-bond donors (Lipinski definition) is 1. The molecule has 26 heavy (non-hydrogen) atoms. The number of nitrogens with one attached hydrogen (secondary N) is 1. The van der Waals surface area contributed by atoms with Crippen LogP contribution in [0, 0.1) is 11.3 Å². The maximum absolute atomic E-state index is 14.2. The van der Waals surface area contributed by atoms with Gasteiger partial charge in [0.1, 0.15) is 17.4 Å². The van der Waals surface area contributed by atoms with Crippen molar-refractivity contribution in [2.24, 2.45) is 0 Å². The molecule has 0 aliphatic carbocycles. The summed E-state index contributed by atoms with van der Waals surface area (Å²) >= 11 is 0. The van der Waals surface area contributed by atoms with E-state index < -0.39 is 24.0 Å². The third kappa shape index (κ3) is 2.87. The Kier molecular flexibility index (Phi) is 4.57. The van der Waals surface area contributed by atoms with Crippen LogP contribution in [0.15, 0.2) is 35.5 Å². The monoisotopic (exact) mass is 365 g/mol. The van der Waals surface area contributed by atoms with Gasteiger partial charge in [0, 0.05) is 25.2 Å². The number of amides is 1. The second kappa shape index (κ2) is 6.56. The first kappa shape index (κ1) is 18.1. The van der Waals surface area contributed by atoms with Crippen LogP contribution < -0.4 is 10.1 Å². The molecule has 2 aliphatic heterocycles. The van der Waals surface area contributed by atoms with Gasteiger partial charge in [0.2, 0.25) is 0 Å². The molecule has 1 N–H and O–H groups in total. The number of carbonyl (C=O) groups excluding carboxylic acids is 1. The minimum Gasteiger partial charge on any atom is -0.497 e. The number of methoxy groups -OCH3 is 1. The highest BCUT2D eigenvalue weighted by atomic mass is 19.4. The molecule has 0 bridgehead atoms. The van der Waals surface area contributed by atoms with E-state index in [4.69, 9.17) is 4.74 Å². The van der Waals surface area contributed by atoms with E-state index in [1.54, 1.807) is 11.0 Å². The summed E-state index contributed by atoms with van der Waals surface area (Å²) in [6.45, 7) is 1.09. The fraction of sp³-hybridized carbons (Fsp3) is 0.444. The van der Waals surface area contributed by atoms with E-state index in [1.807, 2.05) is 0 Å². The fourth-order valence-electron chi connectivity index (χ4n) is 3.53. The zero-order valence-electron chi connectivity index (χ0n) is 14.2. The van der Waals surface area contributed by atoms with Crippen LogP contribution in [-0.2, 0) is 10.3 Å². The maximum atomic E-state index is 14.2. The van der Waals surface area contributed by atoms with Crippen molar-refractivity contribution in [3.8, 4) is 11.8 Å². The van der Waals surface area contributed by atoms with Gasteiger partial charge in [-0.1, -0.05) is 12.1 Å². The van der Waals surface area contributed by atoms with E-state index >= 15 is 0 Å². The Morgan fingerprint density at radius 2 is 1.85 bits per heavy atom. The Morgan fingerprint density at radius 1 is 1.23 bits per heavy atom. The first-order valence-corrected chi connectivity index (χ1v) is 8.24. The van der Waals surface area contributed by atoms with Gasteiger partial charge >= 0.3 is 6.18 Å². The van der Waals surface area contributed by atoms with Crippen molar-refractivity contribution in [2.75, 3.05) is 20.2 Å². The summed E-state index contributed by atoms with van der Waals surface area (Å²) in [4.78, 5) is 14.1. The number of benzene rings is 1. The normalized spacial score (nSPS) is 23.7. The summed E-state index contributed by atoms with van der Waals surface area (Å²) < 4.78 is 47.5. The average molecular weight is 365 g/mol. The van der Waals surface area contributed by atoms with Crippen LogP contribution in [0.5, 0.6) is 5.75 Å². The number of hydrogen-bond acceptors (Lipinski definition) is 4. The van der Waals surface area contributed by atoms with E-state index in [1.165, 1.54) is 31.4 Å². The molecule has 1 unspecified atom stereocenters. The van der Waals surface area contributed by atoms with Crippen LogP contribution in [0.1, 0.15) is 24.8 Å². The van der Waals surface area contributed by atoms with Crippen LogP contribution in [0.2, 0.25) is 0 Å². The van der Waals surface area contributed by atoms with E-state index in [0.29, 0.717) is 18.8 Å². The third-order valence-electron chi connectivity index (χ3n) is 4.94.